The summed E-state index contributed by atoms with van der Waals surface area (Å²) < 4.78 is 0. The van der Waals surface area contributed by atoms with E-state index in [0.29, 0.717) is 19.6 Å². The molecule has 1 heterocycles. The van der Waals surface area contributed by atoms with Gasteiger partial charge in [-0.05, 0) is 13.0 Å². The largest absolute Gasteiger partial charge is 0.481 e. The molecule has 0 aromatic rings. The van der Waals surface area contributed by atoms with Crippen molar-refractivity contribution >= 4 is 11.9 Å². The highest BCUT2D eigenvalue weighted by Crippen LogP contribution is 2.07. The van der Waals surface area contributed by atoms with Gasteiger partial charge in [0.15, 0.2) is 0 Å². The van der Waals surface area contributed by atoms with E-state index in [0.717, 1.165) is 19.5 Å². The minimum atomic E-state index is -0.810. The molecule has 0 saturated carbocycles. The van der Waals surface area contributed by atoms with Crippen LogP contribution >= 0.6 is 0 Å². The van der Waals surface area contributed by atoms with E-state index in [9.17, 15) is 9.59 Å². The van der Waals surface area contributed by atoms with Gasteiger partial charge in [-0.2, -0.15) is 0 Å². The monoisotopic (exact) mass is 228 g/mol. The average Bonchev–Trinajstić information content (AvgIpc) is 2.13. The van der Waals surface area contributed by atoms with Crippen LogP contribution in [-0.2, 0) is 9.59 Å². The number of carbonyl (C=O) groups excluding carboxylic acids is 1. The van der Waals surface area contributed by atoms with Crippen LogP contribution in [0.2, 0.25) is 0 Å². The van der Waals surface area contributed by atoms with Gasteiger partial charge in [-0.1, -0.05) is 13.8 Å². The number of amides is 1. The van der Waals surface area contributed by atoms with Gasteiger partial charge in [0.05, 0.1) is 12.5 Å². The quantitative estimate of drug-likeness (QED) is 0.708. The van der Waals surface area contributed by atoms with Crippen molar-refractivity contribution in [2.24, 2.45) is 5.92 Å². The van der Waals surface area contributed by atoms with Crippen LogP contribution in [0.4, 0.5) is 0 Å². The smallest absolute Gasteiger partial charge is 0.307 e. The minimum absolute atomic E-state index is 0.116. The van der Waals surface area contributed by atoms with Crippen molar-refractivity contribution in [3.05, 3.63) is 0 Å². The highest BCUT2D eigenvalue weighted by molar-refractivity contribution is 5.79. The molecule has 1 atom stereocenters. The highest BCUT2D eigenvalue weighted by atomic mass is 16.4. The van der Waals surface area contributed by atoms with Crippen molar-refractivity contribution in [1.29, 1.82) is 0 Å². The Balaban J connectivity index is 2.35. The SMILES string of the molecule is CCN(CC(=O)N1CCC1)CC(C)C(=O)O. The first-order valence-electron chi connectivity index (χ1n) is 5.77. The molecule has 1 unspecified atom stereocenters. The van der Waals surface area contributed by atoms with Crippen LogP contribution in [0.15, 0.2) is 0 Å². The Kier molecular flexibility index (Phi) is 4.73. The van der Waals surface area contributed by atoms with E-state index in [-0.39, 0.29) is 5.91 Å². The maximum atomic E-state index is 11.7. The molecule has 92 valence electrons. The number of nitrogens with zero attached hydrogens (tertiary/aromatic N) is 2. The maximum Gasteiger partial charge on any atom is 0.307 e. The zero-order valence-corrected chi connectivity index (χ0v) is 9.98. The lowest BCUT2D eigenvalue weighted by Gasteiger charge is -2.33. The number of carboxylic acid groups (broad SMARTS) is 1. The fourth-order valence-electron chi connectivity index (χ4n) is 1.63. The van der Waals surface area contributed by atoms with Crippen LogP contribution in [-0.4, -0.2) is 59.5 Å². The number of carbonyl (C=O) groups is 2. The van der Waals surface area contributed by atoms with Crippen molar-refractivity contribution in [3.8, 4) is 0 Å². The molecule has 1 N–H and O–H groups in total. The van der Waals surface area contributed by atoms with Crippen LogP contribution in [0, 0.1) is 5.92 Å². The summed E-state index contributed by atoms with van der Waals surface area (Å²) in [6.45, 7) is 6.80. The number of aliphatic carboxylic acids is 1. The molecule has 0 radical (unpaired) electrons. The van der Waals surface area contributed by atoms with Crippen molar-refractivity contribution in [2.45, 2.75) is 20.3 Å². The molecular weight excluding hydrogens is 208 g/mol. The molecule has 0 spiro atoms. The molecule has 1 rings (SSSR count). The molecule has 1 aliphatic rings. The maximum absolute atomic E-state index is 11.7. The van der Waals surface area contributed by atoms with Gasteiger partial charge in [-0.3, -0.25) is 14.5 Å². The van der Waals surface area contributed by atoms with E-state index in [1.54, 1.807) is 6.92 Å². The van der Waals surface area contributed by atoms with Gasteiger partial charge >= 0.3 is 5.97 Å². The van der Waals surface area contributed by atoms with Crippen LogP contribution in [0.1, 0.15) is 20.3 Å². The molecule has 5 nitrogen and oxygen atoms in total. The van der Waals surface area contributed by atoms with Gasteiger partial charge in [0.25, 0.3) is 0 Å². The molecule has 1 amide bonds. The Morgan fingerprint density at radius 3 is 2.44 bits per heavy atom. The van der Waals surface area contributed by atoms with Crippen molar-refractivity contribution in [2.75, 3.05) is 32.7 Å². The van der Waals surface area contributed by atoms with Crippen LogP contribution in [0.5, 0.6) is 0 Å². The summed E-state index contributed by atoms with van der Waals surface area (Å²) in [6, 6.07) is 0. The average molecular weight is 228 g/mol. The zero-order valence-electron chi connectivity index (χ0n) is 9.98. The Morgan fingerprint density at radius 2 is 2.06 bits per heavy atom. The number of hydrogen-bond acceptors (Lipinski definition) is 3. The van der Waals surface area contributed by atoms with E-state index < -0.39 is 11.9 Å². The molecule has 16 heavy (non-hydrogen) atoms. The Labute approximate surface area is 96.0 Å². The number of likely N-dealkylation sites (N-methyl/N-ethyl adjacent to an activating group) is 1. The summed E-state index contributed by atoms with van der Waals surface area (Å²) in [4.78, 5) is 26.1. The fraction of sp³-hybridized carbons (Fsp3) is 0.818. The van der Waals surface area contributed by atoms with E-state index in [2.05, 4.69) is 0 Å². The molecule has 0 aliphatic carbocycles. The number of hydrogen-bond donors (Lipinski definition) is 1. The van der Waals surface area contributed by atoms with Crippen LogP contribution in [0.25, 0.3) is 0 Å². The zero-order chi connectivity index (χ0) is 12.1. The van der Waals surface area contributed by atoms with Gasteiger partial charge < -0.3 is 10.0 Å². The predicted molar refractivity (Wildman–Crippen MR) is 60.1 cm³/mol. The number of rotatable bonds is 6. The second-order valence-corrected chi connectivity index (χ2v) is 4.30. The first-order chi connectivity index (χ1) is 7.54. The third kappa shape index (κ3) is 3.48. The molecule has 0 bridgehead atoms. The molecule has 0 aromatic heterocycles. The van der Waals surface area contributed by atoms with E-state index in [1.165, 1.54) is 0 Å². The van der Waals surface area contributed by atoms with Crippen molar-refractivity contribution in [1.82, 2.24) is 9.80 Å². The van der Waals surface area contributed by atoms with Gasteiger partial charge in [-0.15, -0.1) is 0 Å². The fourth-order valence-corrected chi connectivity index (χ4v) is 1.63. The van der Waals surface area contributed by atoms with Crippen molar-refractivity contribution < 1.29 is 14.7 Å². The van der Waals surface area contributed by atoms with E-state index in [4.69, 9.17) is 5.11 Å². The van der Waals surface area contributed by atoms with Crippen LogP contribution < -0.4 is 0 Å². The third-order valence-corrected chi connectivity index (χ3v) is 2.97. The second-order valence-electron chi connectivity index (χ2n) is 4.30. The second kappa shape index (κ2) is 5.84. The Hall–Kier alpha value is -1.10. The number of likely N-dealkylation sites (tertiary alicyclic amines) is 1. The summed E-state index contributed by atoms with van der Waals surface area (Å²) in [7, 11) is 0. The van der Waals surface area contributed by atoms with Gasteiger partial charge in [0.2, 0.25) is 5.91 Å². The summed E-state index contributed by atoms with van der Waals surface area (Å²) in [5, 5.41) is 8.81. The summed E-state index contributed by atoms with van der Waals surface area (Å²) in [5.74, 6) is -1.12. The van der Waals surface area contributed by atoms with E-state index >= 15 is 0 Å². The lowest BCUT2D eigenvalue weighted by Crippen LogP contribution is -2.48. The molecule has 0 aromatic carbocycles. The third-order valence-electron chi connectivity index (χ3n) is 2.97. The molecule has 1 aliphatic heterocycles. The first kappa shape index (κ1) is 13.0. The summed E-state index contributed by atoms with van der Waals surface area (Å²) in [5.41, 5.74) is 0. The molecular formula is C11H20N2O3. The molecule has 1 saturated heterocycles. The first-order valence-corrected chi connectivity index (χ1v) is 5.77. The number of carboxylic acids is 1. The minimum Gasteiger partial charge on any atom is -0.481 e. The lowest BCUT2D eigenvalue weighted by molar-refractivity contribution is -0.143. The molecule has 5 heteroatoms. The summed E-state index contributed by atoms with van der Waals surface area (Å²) in [6.07, 6.45) is 1.09. The van der Waals surface area contributed by atoms with Gasteiger partial charge in [0, 0.05) is 19.6 Å². The van der Waals surface area contributed by atoms with Crippen LogP contribution in [0.3, 0.4) is 0 Å². The standard InChI is InChI=1S/C11H20N2O3/c1-3-12(7-9(2)11(15)16)8-10(14)13-5-4-6-13/h9H,3-8H2,1-2H3,(H,15,16). The van der Waals surface area contributed by atoms with Gasteiger partial charge in [-0.25, -0.2) is 0 Å². The normalized spacial score (nSPS) is 17.1. The highest BCUT2D eigenvalue weighted by Gasteiger charge is 2.23. The predicted octanol–water partition coefficient (Wildman–Crippen LogP) is 0.261. The Morgan fingerprint density at radius 1 is 1.44 bits per heavy atom. The van der Waals surface area contributed by atoms with Crippen molar-refractivity contribution in [3.63, 3.8) is 0 Å². The summed E-state index contributed by atoms with van der Waals surface area (Å²) >= 11 is 0. The van der Waals surface area contributed by atoms with Gasteiger partial charge in [0.1, 0.15) is 0 Å². The lowest BCUT2D eigenvalue weighted by atomic mass is 10.1. The Bertz CT molecular complexity index is 264. The van der Waals surface area contributed by atoms with E-state index in [1.807, 2.05) is 16.7 Å². The topological polar surface area (TPSA) is 60.9 Å². The molecule has 1 fully saturated rings.